The topological polar surface area (TPSA) is 146 Å². The van der Waals surface area contributed by atoms with E-state index in [1.807, 2.05) is 38.1 Å². The van der Waals surface area contributed by atoms with Crippen LogP contribution in [0, 0.1) is 0 Å². The molecule has 2 unspecified atom stereocenters. The molecule has 0 spiro atoms. The van der Waals surface area contributed by atoms with Crippen molar-refractivity contribution < 1.29 is 19.1 Å². The van der Waals surface area contributed by atoms with Crippen LogP contribution in [-0.4, -0.2) is 57.8 Å². The molecule has 0 radical (unpaired) electrons. The molecule has 0 aliphatic rings. The number of amides is 1. The molecule has 5 aromatic rings. The summed E-state index contributed by atoms with van der Waals surface area (Å²) >= 11 is 11.8. The van der Waals surface area contributed by atoms with Crippen LogP contribution in [0.5, 0.6) is 5.88 Å². The SMILES string of the molecule is C.CCOC(=O)c1cccn(C(C)c2ccc(Cl)cc2)c1=O.COc1ccnc(NCCCCCNC(=O)c2cccn(C(C)c3ccc(Cl)cc3)c2=O)n1. The van der Waals surface area contributed by atoms with Gasteiger partial charge in [-0.15, -0.1) is 0 Å². The highest BCUT2D eigenvalue weighted by atomic mass is 35.5. The fourth-order valence-corrected chi connectivity index (χ4v) is 5.69. The van der Waals surface area contributed by atoms with Gasteiger partial charge in [0.25, 0.3) is 17.0 Å². The van der Waals surface area contributed by atoms with Crippen LogP contribution in [0.15, 0.2) is 107 Å². The summed E-state index contributed by atoms with van der Waals surface area (Å²) in [4.78, 5) is 58.0. The first-order valence-corrected chi connectivity index (χ1v) is 18.3. The number of anilines is 1. The van der Waals surface area contributed by atoms with Crippen molar-refractivity contribution in [2.75, 3.05) is 32.1 Å². The van der Waals surface area contributed by atoms with E-state index < -0.39 is 5.97 Å². The first kappa shape index (κ1) is 43.9. The van der Waals surface area contributed by atoms with Gasteiger partial charge in [0, 0.05) is 47.8 Å². The molecular formula is C41H48Cl2N6O6. The number of hydrogen-bond donors (Lipinski definition) is 2. The lowest BCUT2D eigenvalue weighted by Crippen LogP contribution is -2.34. The summed E-state index contributed by atoms with van der Waals surface area (Å²) in [5.74, 6) is 0.0781. The van der Waals surface area contributed by atoms with Crippen LogP contribution in [0.1, 0.15) is 91.4 Å². The summed E-state index contributed by atoms with van der Waals surface area (Å²) in [5.41, 5.74) is 1.36. The van der Waals surface area contributed by atoms with Gasteiger partial charge in [-0.25, -0.2) is 9.78 Å². The van der Waals surface area contributed by atoms with Crippen molar-refractivity contribution in [2.24, 2.45) is 0 Å². The van der Waals surface area contributed by atoms with Crippen molar-refractivity contribution in [1.82, 2.24) is 24.4 Å². The fraction of sp³-hybridized carbons (Fsp3) is 0.317. The summed E-state index contributed by atoms with van der Waals surface area (Å²) in [6.07, 6.45) is 7.59. The average Bonchev–Trinajstić information content (AvgIpc) is 3.18. The number of esters is 1. The Bertz CT molecular complexity index is 2100. The predicted octanol–water partition coefficient (Wildman–Crippen LogP) is 7.85. The highest BCUT2D eigenvalue weighted by molar-refractivity contribution is 6.30. The monoisotopic (exact) mass is 790 g/mol. The molecule has 14 heteroatoms. The lowest BCUT2D eigenvalue weighted by molar-refractivity contribution is 0.0523. The van der Waals surface area contributed by atoms with Crippen LogP contribution < -0.4 is 26.5 Å². The van der Waals surface area contributed by atoms with Gasteiger partial charge in [-0.3, -0.25) is 14.4 Å². The molecule has 3 heterocycles. The van der Waals surface area contributed by atoms with E-state index in [1.54, 1.807) is 85.7 Å². The van der Waals surface area contributed by atoms with Gasteiger partial charge in [0.05, 0.1) is 25.8 Å². The molecule has 1 amide bonds. The van der Waals surface area contributed by atoms with E-state index in [4.69, 9.17) is 32.7 Å². The number of nitrogens with zero attached hydrogens (tertiary/aromatic N) is 4. The number of aromatic nitrogens is 4. The van der Waals surface area contributed by atoms with E-state index in [0.29, 0.717) is 35.0 Å². The fourth-order valence-electron chi connectivity index (χ4n) is 5.44. The molecule has 5 rings (SSSR count). The minimum Gasteiger partial charge on any atom is -0.481 e. The smallest absolute Gasteiger partial charge is 0.343 e. The first-order chi connectivity index (χ1) is 26.0. The van der Waals surface area contributed by atoms with Crippen LogP contribution in [0.2, 0.25) is 10.0 Å². The molecule has 0 fully saturated rings. The second kappa shape index (κ2) is 22.0. The average molecular weight is 792 g/mol. The minimum absolute atomic E-state index is 0. The quantitative estimate of drug-likeness (QED) is 0.0800. The molecule has 3 aromatic heterocycles. The van der Waals surface area contributed by atoms with Gasteiger partial charge in [0.1, 0.15) is 11.1 Å². The maximum atomic E-state index is 12.9. The molecule has 55 heavy (non-hydrogen) atoms. The summed E-state index contributed by atoms with van der Waals surface area (Å²) < 4.78 is 13.0. The Morgan fingerprint density at radius 2 is 1.29 bits per heavy atom. The van der Waals surface area contributed by atoms with Crippen molar-refractivity contribution >= 4 is 41.0 Å². The third-order valence-corrected chi connectivity index (χ3v) is 8.99. The molecule has 0 saturated carbocycles. The predicted molar refractivity (Wildman–Crippen MR) is 218 cm³/mol. The molecule has 292 valence electrons. The largest absolute Gasteiger partial charge is 0.481 e. The number of pyridine rings is 2. The number of ether oxygens (including phenoxy) is 2. The third-order valence-electron chi connectivity index (χ3n) is 8.49. The molecule has 0 aliphatic heterocycles. The van der Waals surface area contributed by atoms with E-state index in [9.17, 15) is 19.2 Å². The Labute approximate surface area is 331 Å². The number of unbranched alkanes of at least 4 members (excludes halogenated alkanes) is 2. The van der Waals surface area contributed by atoms with Crippen molar-refractivity contribution in [3.63, 3.8) is 0 Å². The number of benzene rings is 2. The number of rotatable bonds is 15. The molecule has 2 N–H and O–H groups in total. The number of methoxy groups -OCH3 is 1. The minimum atomic E-state index is -0.597. The Hall–Kier alpha value is -5.46. The van der Waals surface area contributed by atoms with Gasteiger partial charge in [-0.1, -0.05) is 54.9 Å². The van der Waals surface area contributed by atoms with Crippen molar-refractivity contribution in [2.45, 2.75) is 59.5 Å². The number of carbonyl (C=O) groups is 2. The lowest BCUT2D eigenvalue weighted by Gasteiger charge is -2.16. The zero-order valence-corrected chi connectivity index (χ0v) is 32.1. The van der Waals surface area contributed by atoms with Gasteiger partial charge in [0.15, 0.2) is 0 Å². The molecule has 0 saturated heterocycles. The van der Waals surface area contributed by atoms with Crippen LogP contribution >= 0.6 is 23.2 Å². The molecule has 2 atom stereocenters. The molecule has 2 aromatic carbocycles. The van der Waals surface area contributed by atoms with E-state index in [2.05, 4.69) is 20.6 Å². The summed E-state index contributed by atoms with van der Waals surface area (Å²) in [6, 6.07) is 22.3. The van der Waals surface area contributed by atoms with Gasteiger partial charge >= 0.3 is 5.97 Å². The first-order valence-electron chi connectivity index (χ1n) is 17.5. The highest BCUT2D eigenvalue weighted by Gasteiger charge is 2.18. The number of hydrogen-bond acceptors (Lipinski definition) is 9. The molecular weight excluding hydrogens is 743 g/mol. The van der Waals surface area contributed by atoms with Crippen LogP contribution in [-0.2, 0) is 4.74 Å². The second-order valence-corrected chi connectivity index (χ2v) is 13.0. The summed E-state index contributed by atoms with van der Waals surface area (Å²) in [6.45, 7) is 6.95. The highest BCUT2D eigenvalue weighted by Crippen LogP contribution is 2.20. The van der Waals surface area contributed by atoms with E-state index in [0.717, 1.165) is 30.4 Å². The van der Waals surface area contributed by atoms with E-state index in [-0.39, 0.29) is 54.3 Å². The molecule has 12 nitrogen and oxygen atoms in total. The normalized spacial score (nSPS) is 11.5. The second-order valence-electron chi connectivity index (χ2n) is 12.1. The maximum Gasteiger partial charge on any atom is 0.343 e. The van der Waals surface area contributed by atoms with E-state index >= 15 is 0 Å². The summed E-state index contributed by atoms with van der Waals surface area (Å²) in [5, 5.41) is 7.26. The van der Waals surface area contributed by atoms with Gasteiger partial charge in [-0.05, 0) is 99.7 Å². The molecule has 0 aliphatic carbocycles. The van der Waals surface area contributed by atoms with E-state index in [1.165, 1.54) is 10.6 Å². The lowest BCUT2D eigenvalue weighted by atomic mass is 10.1. The zero-order chi connectivity index (χ0) is 39.0. The standard InChI is InChI=1S/C24H28ClN5O3.C16H16ClNO3.CH4/c1-17(18-8-10-19(25)11-9-18)30-16-6-7-20(23(30)32)22(31)26-13-4-3-5-14-27-24-28-15-12-21(29-24)33-2;1-3-21-16(20)14-5-4-10-18(15(14)19)11(2)12-6-8-13(17)9-7-12;/h6-12,15-17H,3-5,13-14H2,1-2H3,(H,26,31)(H,27,28,29);4-11H,3H2,1-2H3;1H4. The van der Waals surface area contributed by atoms with Gasteiger partial charge in [-0.2, -0.15) is 4.98 Å². The van der Waals surface area contributed by atoms with Crippen molar-refractivity contribution in [1.29, 1.82) is 0 Å². The van der Waals surface area contributed by atoms with Crippen LogP contribution in [0.25, 0.3) is 0 Å². The van der Waals surface area contributed by atoms with Crippen molar-refractivity contribution in [3.05, 3.63) is 150 Å². The van der Waals surface area contributed by atoms with Gasteiger partial charge < -0.3 is 29.2 Å². The Morgan fingerprint density at radius 1 is 0.764 bits per heavy atom. The maximum absolute atomic E-state index is 12.9. The zero-order valence-electron chi connectivity index (χ0n) is 30.6. The Kier molecular flexibility index (Phi) is 17.6. The molecule has 0 bridgehead atoms. The van der Waals surface area contributed by atoms with Crippen molar-refractivity contribution in [3.8, 4) is 5.88 Å². The number of halogens is 2. The van der Waals surface area contributed by atoms with Gasteiger partial charge in [0.2, 0.25) is 11.8 Å². The third kappa shape index (κ3) is 12.5. The number of nitrogens with one attached hydrogen (secondary N) is 2. The number of carbonyl (C=O) groups excluding carboxylic acids is 2. The summed E-state index contributed by atoms with van der Waals surface area (Å²) in [7, 11) is 1.56. The Morgan fingerprint density at radius 3 is 1.84 bits per heavy atom. The van der Waals surface area contributed by atoms with Crippen LogP contribution in [0.4, 0.5) is 5.95 Å². The van der Waals surface area contributed by atoms with Crippen LogP contribution in [0.3, 0.4) is 0 Å². The Balaban J connectivity index is 0.000000319.